The quantitative estimate of drug-likeness (QED) is 0.816. The van der Waals surface area contributed by atoms with E-state index in [-0.39, 0.29) is 12.4 Å². The Morgan fingerprint density at radius 1 is 1.12 bits per heavy atom. The third-order valence-corrected chi connectivity index (χ3v) is 6.73. The third kappa shape index (κ3) is 3.39. The highest BCUT2D eigenvalue weighted by atomic mass is 32.2. The molecule has 25 heavy (non-hydrogen) atoms. The molecular formula is C20H22FNO2S. The minimum Gasteiger partial charge on any atom is -0.212 e. The van der Waals surface area contributed by atoms with E-state index >= 15 is 0 Å². The summed E-state index contributed by atoms with van der Waals surface area (Å²) in [5.41, 5.74) is 3.01. The van der Waals surface area contributed by atoms with Gasteiger partial charge in [0.15, 0.2) is 0 Å². The van der Waals surface area contributed by atoms with Crippen LogP contribution >= 0.6 is 0 Å². The third-order valence-electron chi connectivity index (χ3n) is 4.53. The molecular weight excluding hydrogens is 337 g/mol. The van der Waals surface area contributed by atoms with Crippen LogP contribution in [0.15, 0.2) is 54.6 Å². The molecule has 0 saturated heterocycles. The second-order valence-electron chi connectivity index (χ2n) is 6.67. The monoisotopic (exact) mass is 359 g/mol. The molecule has 2 aromatic carbocycles. The van der Waals surface area contributed by atoms with E-state index in [1.807, 2.05) is 43.3 Å². The van der Waals surface area contributed by atoms with Crippen LogP contribution in [0.2, 0.25) is 0 Å². The number of rotatable bonds is 4. The van der Waals surface area contributed by atoms with E-state index in [4.69, 9.17) is 0 Å². The number of hydrogen-bond donors (Lipinski definition) is 0. The summed E-state index contributed by atoms with van der Waals surface area (Å²) in [5, 5.41) is -0.534. The van der Waals surface area contributed by atoms with Gasteiger partial charge in [0.25, 0.3) is 0 Å². The minimum absolute atomic E-state index is 0.181. The van der Waals surface area contributed by atoms with Gasteiger partial charge in [0.05, 0.1) is 11.3 Å². The van der Waals surface area contributed by atoms with Crippen molar-refractivity contribution < 1.29 is 12.8 Å². The maximum Gasteiger partial charge on any atom is 0.217 e. The molecule has 0 N–H and O–H groups in total. The van der Waals surface area contributed by atoms with Gasteiger partial charge in [-0.15, -0.1) is 0 Å². The minimum atomic E-state index is -3.48. The van der Waals surface area contributed by atoms with Crippen LogP contribution in [0.5, 0.6) is 0 Å². The predicted molar refractivity (Wildman–Crippen MR) is 99.1 cm³/mol. The molecule has 132 valence electrons. The van der Waals surface area contributed by atoms with Crippen LogP contribution in [0.3, 0.4) is 0 Å². The first-order valence-electron chi connectivity index (χ1n) is 8.33. The fourth-order valence-corrected chi connectivity index (χ4v) is 4.44. The zero-order valence-corrected chi connectivity index (χ0v) is 15.4. The lowest BCUT2D eigenvalue weighted by molar-refractivity contribution is 0.414. The molecule has 0 radical (unpaired) electrons. The molecule has 0 spiro atoms. The number of benzene rings is 2. The van der Waals surface area contributed by atoms with Gasteiger partial charge in [-0.1, -0.05) is 48.0 Å². The van der Waals surface area contributed by atoms with E-state index in [2.05, 4.69) is 0 Å². The van der Waals surface area contributed by atoms with E-state index in [0.29, 0.717) is 11.1 Å². The number of nitrogens with zero attached hydrogens (tertiary/aromatic N) is 1. The Labute approximate surface area is 148 Å². The van der Waals surface area contributed by atoms with Gasteiger partial charge in [-0.25, -0.2) is 12.8 Å². The number of halogens is 1. The summed E-state index contributed by atoms with van der Waals surface area (Å²) >= 11 is 0. The zero-order chi connectivity index (χ0) is 18.2. The molecule has 0 bridgehead atoms. The first kappa shape index (κ1) is 17.8. The van der Waals surface area contributed by atoms with E-state index < -0.39 is 21.3 Å². The maximum absolute atomic E-state index is 14.3. The smallest absolute Gasteiger partial charge is 0.212 e. The van der Waals surface area contributed by atoms with Gasteiger partial charge < -0.3 is 0 Å². The van der Waals surface area contributed by atoms with Crippen molar-refractivity contribution in [3.05, 3.63) is 77.1 Å². The lowest BCUT2D eigenvalue weighted by atomic mass is 10.0. The highest BCUT2D eigenvalue weighted by Crippen LogP contribution is 2.38. The summed E-state index contributed by atoms with van der Waals surface area (Å²) in [6.45, 7) is 5.42. The molecule has 0 aliphatic carbocycles. The van der Waals surface area contributed by atoms with Crippen molar-refractivity contribution in [2.45, 2.75) is 32.1 Å². The van der Waals surface area contributed by atoms with E-state index in [9.17, 15) is 12.8 Å². The standard InChI is InChI=1S/C20H22FNO2S/c1-14(2)25(23,24)22-13-17(18-11-15(3)9-10-19(18)21)12-20(22)16-7-5-4-6-8-16/h4-12,14,20H,13H2,1-3H3. The Morgan fingerprint density at radius 3 is 2.44 bits per heavy atom. The molecule has 1 unspecified atom stereocenters. The predicted octanol–water partition coefficient (Wildman–Crippen LogP) is 4.31. The van der Waals surface area contributed by atoms with Crippen LogP contribution < -0.4 is 0 Å². The summed E-state index contributed by atoms with van der Waals surface area (Å²) in [6.07, 6.45) is 1.87. The van der Waals surface area contributed by atoms with Gasteiger partial charge in [-0.05, 0) is 44.0 Å². The molecule has 0 aromatic heterocycles. The highest BCUT2D eigenvalue weighted by molar-refractivity contribution is 7.89. The van der Waals surface area contributed by atoms with Gasteiger partial charge in [-0.3, -0.25) is 0 Å². The Balaban J connectivity index is 2.10. The van der Waals surface area contributed by atoms with Crippen LogP contribution in [0.1, 0.15) is 36.6 Å². The normalized spacial score (nSPS) is 18.6. The zero-order valence-electron chi connectivity index (χ0n) is 14.6. The average molecular weight is 359 g/mol. The Morgan fingerprint density at radius 2 is 1.80 bits per heavy atom. The fraction of sp³-hybridized carbons (Fsp3) is 0.300. The molecule has 1 atom stereocenters. The molecule has 0 saturated carbocycles. The van der Waals surface area contributed by atoms with Crippen LogP contribution in [-0.2, 0) is 10.0 Å². The molecule has 1 aliphatic heterocycles. The van der Waals surface area contributed by atoms with Crippen molar-refractivity contribution in [3.63, 3.8) is 0 Å². The van der Waals surface area contributed by atoms with Crippen LogP contribution in [0.4, 0.5) is 4.39 Å². The van der Waals surface area contributed by atoms with Crippen molar-refractivity contribution in [2.75, 3.05) is 6.54 Å². The molecule has 5 heteroatoms. The van der Waals surface area contributed by atoms with Gasteiger partial charge in [-0.2, -0.15) is 4.31 Å². The number of sulfonamides is 1. The second kappa shape index (κ2) is 6.73. The van der Waals surface area contributed by atoms with Gasteiger partial charge in [0.2, 0.25) is 10.0 Å². The van der Waals surface area contributed by atoms with Crippen molar-refractivity contribution >= 4 is 15.6 Å². The van der Waals surface area contributed by atoms with E-state index in [1.165, 1.54) is 10.4 Å². The van der Waals surface area contributed by atoms with Crippen molar-refractivity contribution in [2.24, 2.45) is 0 Å². The highest BCUT2D eigenvalue weighted by Gasteiger charge is 2.37. The molecule has 3 nitrogen and oxygen atoms in total. The summed E-state index contributed by atoms with van der Waals surface area (Å²) in [6, 6.07) is 14.0. The lowest BCUT2D eigenvalue weighted by Crippen LogP contribution is -2.36. The largest absolute Gasteiger partial charge is 0.217 e. The molecule has 1 heterocycles. The van der Waals surface area contributed by atoms with Crippen LogP contribution in [0, 0.1) is 12.7 Å². The number of hydrogen-bond acceptors (Lipinski definition) is 2. The molecule has 3 rings (SSSR count). The lowest BCUT2D eigenvalue weighted by Gasteiger charge is -2.26. The Kier molecular flexibility index (Phi) is 4.80. The van der Waals surface area contributed by atoms with Crippen LogP contribution in [-0.4, -0.2) is 24.5 Å². The topological polar surface area (TPSA) is 37.4 Å². The van der Waals surface area contributed by atoms with E-state index in [0.717, 1.165) is 11.1 Å². The molecule has 1 aliphatic rings. The second-order valence-corrected chi connectivity index (χ2v) is 9.11. The van der Waals surface area contributed by atoms with Crippen molar-refractivity contribution in [1.29, 1.82) is 0 Å². The first-order valence-corrected chi connectivity index (χ1v) is 9.84. The Hall–Kier alpha value is -1.98. The SMILES string of the molecule is Cc1ccc(F)c(C2=CC(c3ccccc3)N(S(=O)(=O)C(C)C)C2)c1. The van der Waals surface area contributed by atoms with Gasteiger partial charge in [0, 0.05) is 12.1 Å². The first-order chi connectivity index (χ1) is 11.8. The summed E-state index contributed by atoms with van der Waals surface area (Å²) in [7, 11) is -3.48. The Bertz CT molecular complexity index is 905. The maximum atomic E-state index is 14.3. The fourth-order valence-electron chi connectivity index (χ4n) is 3.08. The van der Waals surface area contributed by atoms with Gasteiger partial charge in [0.1, 0.15) is 5.82 Å². The number of aryl methyl sites for hydroxylation is 1. The average Bonchev–Trinajstić information content (AvgIpc) is 3.03. The molecule has 2 aromatic rings. The molecule has 0 amide bonds. The summed E-state index contributed by atoms with van der Waals surface area (Å²) in [4.78, 5) is 0. The van der Waals surface area contributed by atoms with Crippen LogP contribution in [0.25, 0.3) is 5.57 Å². The van der Waals surface area contributed by atoms with E-state index in [1.54, 1.807) is 26.0 Å². The van der Waals surface area contributed by atoms with Gasteiger partial charge >= 0.3 is 0 Å². The van der Waals surface area contributed by atoms with Crippen molar-refractivity contribution in [1.82, 2.24) is 4.31 Å². The molecule has 0 fully saturated rings. The van der Waals surface area contributed by atoms with Crippen molar-refractivity contribution in [3.8, 4) is 0 Å². The summed E-state index contributed by atoms with van der Waals surface area (Å²) in [5.74, 6) is -0.326. The summed E-state index contributed by atoms with van der Waals surface area (Å²) < 4.78 is 41.5.